The van der Waals surface area contributed by atoms with Crippen LogP contribution in [0, 0.1) is 11.3 Å². The van der Waals surface area contributed by atoms with Crippen LogP contribution < -0.4 is 0 Å². The molecule has 0 aromatic heterocycles. The van der Waals surface area contributed by atoms with Crippen LogP contribution in [0.5, 0.6) is 0 Å². The average molecular weight is 193 g/mol. The molecule has 0 spiro atoms. The lowest BCUT2D eigenvalue weighted by atomic mass is 9.90. The van der Waals surface area contributed by atoms with Gasteiger partial charge in [0, 0.05) is 32.9 Å². The third kappa shape index (κ3) is 1.98. The number of nitriles is 1. The molecule has 1 amide bonds. The number of hydrogen-bond acceptors (Lipinski definition) is 4. The minimum Gasteiger partial charge on any atom is -0.343 e. The molecule has 5 heteroatoms. The van der Waals surface area contributed by atoms with E-state index in [1.165, 1.54) is 13.0 Å². The Morgan fingerprint density at radius 2 is 2.07 bits per heavy atom. The molecule has 1 aliphatic rings. The van der Waals surface area contributed by atoms with E-state index >= 15 is 0 Å². The van der Waals surface area contributed by atoms with Gasteiger partial charge < -0.3 is 4.90 Å². The third-order valence-electron chi connectivity index (χ3n) is 2.50. The predicted molar refractivity (Wildman–Crippen MR) is 48.0 cm³/mol. The lowest BCUT2D eigenvalue weighted by molar-refractivity contribution is -0.130. The standard InChI is InChI=1S/C9H11N3O2/c1-8(14)12-4-2-9(6-10,3-5-12)11-7-13/h2-5H2,1H3. The van der Waals surface area contributed by atoms with Gasteiger partial charge >= 0.3 is 0 Å². The monoisotopic (exact) mass is 193 g/mol. The highest BCUT2D eigenvalue weighted by Crippen LogP contribution is 2.25. The van der Waals surface area contributed by atoms with E-state index in [4.69, 9.17) is 5.26 Å². The number of carbonyl (C=O) groups excluding carboxylic acids is 2. The van der Waals surface area contributed by atoms with Crippen LogP contribution in [0.4, 0.5) is 0 Å². The molecule has 1 saturated heterocycles. The molecular weight excluding hydrogens is 182 g/mol. The molecule has 0 bridgehead atoms. The maximum absolute atomic E-state index is 11.0. The van der Waals surface area contributed by atoms with Gasteiger partial charge in [-0.2, -0.15) is 10.3 Å². The van der Waals surface area contributed by atoms with E-state index in [1.54, 1.807) is 4.90 Å². The molecule has 0 aliphatic carbocycles. The highest BCUT2D eigenvalue weighted by Gasteiger charge is 2.35. The number of amides is 1. The Kier molecular flexibility index (Phi) is 3.00. The summed E-state index contributed by atoms with van der Waals surface area (Å²) in [7, 11) is 0. The molecule has 0 aromatic carbocycles. The summed E-state index contributed by atoms with van der Waals surface area (Å²) in [5.74, 6) is -0.00776. The Balaban J connectivity index is 2.69. The van der Waals surface area contributed by atoms with Gasteiger partial charge in [-0.1, -0.05) is 0 Å². The van der Waals surface area contributed by atoms with Crippen molar-refractivity contribution < 1.29 is 9.59 Å². The quantitative estimate of drug-likeness (QED) is 0.442. The van der Waals surface area contributed by atoms with Crippen molar-refractivity contribution in [1.82, 2.24) is 4.90 Å². The number of nitrogens with zero attached hydrogens (tertiary/aromatic N) is 3. The maximum atomic E-state index is 11.0. The Bertz CT molecular complexity index is 317. The fourth-order valence-corrected chi connectivity index (χ4v) is 1.53. The summed E-state index contributed by atoms with van der Waals surface area (Å²) in [5.41, 5.74) is -0.951. The lowest BCUT2D eigenvalue weighted by Gasteiger charge is -2.33. The van der Waals surface area contributed by atoms with Gasteiger partial charge in [-0.25, -0.2) is 4.79 Å². The number of aliphatic imine (C=N–C) groups is 1. The zero-order valence-electron chi connectivity index (χ0n) is 7.99. The summed E-state index contributed by atoms with van der Waals surface area (Å²) in [5, 5.41) is 8.87. The van der Waals surface area contributed by atoms with Crippen LogP contribution in [-0.4, -0.2) is 35.5 Å². The number of carbonyl (C=O) groups is 1. The van der Waals surface area contributed by atoms with Gasteiger partial charge in [0.05, 0.1) is 6.07 Å². The van der Waals surface area contributed by atoms with Crippen molar-refractivity contribution in [3.8, 4) is 6.07 Å². The van der Waals surface area contributed by atoms with Crippen LogP contribution >= 0.6 is 0 Å². The van der Waals surface area contributed by atoms with Crippen molar-refractivity contribution in [2.45, 2.75) is 25.3 Å². The van der Waals surface area contributed by atoms with E-state index in [9.17, 15) is 9.59 Å². The molecule has 1 rings (SSSR count). The minimum atomic E-state index is -0.951. The molecule has 0 saturated carbocycles. The predicted octanol–water partition coefficient (Wildman–Crippen LogP) is 0.227. The first kappa shape index (κ1) is 10.4. The van der Waals surface area contributed by atoms with E-state index in [0.717, 1.165) is 0 Å². The zero-order valence-corrected chi connectivity index (χ0v) is 7.99. The smallest absolute Gasteiger partial charge is 0.236 e. The first-order chi connectivity index (χ1) is 6.63. The molecule has 0 N–H and O–H groups in total. The molecule has 0 unspecified atom stereocenters. The van der Waals surface area contributed by atoms with E-state index in [-0.39, 0.29) is 5.91 Å². The van der Waals surface area contributed by atoms with Gasteiger partial charge in [0.2, 0.25) is 12.0 Å². The van der Waals surface area contributed by atoms with Gasteiger partial charge in [-0.3, -0.25) is 4.79 Å². The third-order valence-corrected chi connectivity index (χ3v) is 2.50. The second-order valence-electron chi connectivity index (χ2n) is 3.35. The minimum absolute atomic E-state index is 0.00776. The summed E-state index contributed by atoms with van der Waals surface area (Å²) in [6.45, 7) is 2.45. The molecule has 0 aromatic rings. The van der Waals surface area contributed by atoms with E-state index in [2.05, 4.69) is 4.99 Å². The fourth-order valence-electron chi connectivity index (χ4n) is 1.53. The average Bonchev–Trinajstić information content (AvgIpc) is 2.19. The van der Waals surface area contributed by atoms with Crippen molar-refractivity contribution in [3.05, 3.63) is 0 Å². The topological polar surface area (TPSA) is 73.5 Å². The van der Waals surface area contributed by atoms with Crippen molar-refractivity contribution in [3.63, 3.8) is 0 Å². The Hall–Kier alpha value is -1.66. The largest absolute Gasteiger partial charge is 0.343 e. The molecule has 5 nitrogen and oxygen atoms in total. The molecular formula is C9H11N3O2. The van der Waals surface area contributed by atoms with Gasteiger partial charge in [-0.05, 0) is 0 Å². The first-order valence-electron chi connectivity index (χ1n) is 4.39. The lowest BCUT2D eigenvalue weighted by Crippen LogP contribution is -2.44. The van der Waals surface area contributed by atoms with Crippen molar-refractivity contribution >= 4 is 12.0 Å². The van der Waals surface area contributed by atoms with Crippen LogP contribution in [0.1, 0.15) is 19.8 Å². The fraction of sp³-hybridized carbons (Fsp3) is 0.667. The number of rotatable bonds is 1. The number of likely N-dealkylation sites (tertiary alicyclic amines) is 1. The van der Waals surface area contributed by atoms with Crippen LogP contribution in [0.2, 0.25) is 0 Å². The Labute approximate surface area is 82.0 Å². The van der Waals surface area contributed by atoms with Crippen molar-refractivity contribution in [1.29, 1.82) is 5.26 Å². The van der Waals surface area contributed by atoms with Crippen LogP contribution in [0.25, 0.3) is 0 Å². The zero-order chi connectivity index (χ0) is 10.6. The van der Waals surface area contributed by atoms with Gasteiger partial charge in [0.1, 0.15) is 0 Å². The first-order valence-corrected chi connectivity index (χ1v) is 4.39. The Morgan fingerprint density at radius 3 is 2.43 bits per heavy atom. The molecule has 0 radical (unpaired) electrons. The maximum Gasteiger partial charge on any atom is 0.236 e. The molecule has 0 atom stereocenters. The molecule has 1 fully saturated rings. The van der Waals surface area contributed by atoms with Gasteiger partial charge in [0.25, 0.3) is 0 Å². The summed E-state index contributed by atoms with van der Waals surface area (Å²) in [6, 6.07) is 2.01. The second-order valence-corrected chi connectivity index (χ2v) is 3.35. The van der Waals surface area contributed by atoms with Gasteiger partial charge in [-0.15, -0.1) is 0 Å². The second kappa shape index (κ2) is 4.03. The van der Waals surface area contributed by atoms with Crippen LogP contribution in [0.3, 0.4) is 0 Å². The molecule has 1 aliphatic heterocycles. The summed E-state index contributed by atoms with van der Waals surface area (Å²) >= 11 is 0. The summed E-state index contributed by atoms with van der Waals surface area (Å²) in [4.78, 5) is 26.3. The summed E-state index contributed by atoms with van der Waals surface area (Å²) in [6.07, 6.45) is 2.25. The highest BCUT2D eigenvalue weighted by atomic mass is 16.2. The normalized spacial score (nSPS) is 19.3. The van der Waals surface area contributed by atoms with Crippen LogP contribution in [-0.2, 0) is 9.59 Å². The SMILES string of the molecule is CC(=O)N1CCC(C#N)(N=C=O)CC1. The van der Waals surface area contributed by atoms with Gasteiger partial charge in [0.15, 0.2) is 5.54 Å². The molecule has 74 valence electrons. The van der Waals surface area contributed by atoms with E-state index in [0.29, 0.717) is 25.9 Å². The molecule has 1 heterocycles. The number of piperidine rings is 1. The van der Waals surface area contributed by atoms with Crippen molar-refractivity contribution in [2.24, 2.45) is 4.99 Å². The summed E-state index contributed by atoms with van der Waals surface area (Å²) < 4.78 is 0. The highest BCUT2D eigenvalue weighted by molar-refractivity contribution is 5.73. The van der Waals surface area contributed by atoms with E-state index < -0.39 is 5.54 Å². The van der Waals surface area contributed by atoms with Crippen LogP contribution in [0.15, 0.2) is 4.99 Å². The molecule has 14 heavy (non-hydrogen) atoms. The Morgan fingerprint density at radius 1 is 1.50 bits per heavy atom. The van der Waals surface area contributed by atoms with E-state index in [1.807, 2.05) is 6.07 Å². The van der Waals surface area contributed by atoms with Crippen molar-refractivity contribution in [2.75, 3.05) is 13.1 Å². The number of isocyanates is 1. The number of hydrogen-bond donors (Lipinski definition) is 0.